The average molecular weight is 238 g/mol. The SMILES string of the molecule is CN1N=CN(C(F)(F)C(F)(F)F)C1Cl. The van der Waals surface area contributed by atoms with E-state index >= 15 is 0 Å². The van der Waals surface area contributed by atoms with Gasteiger partial charge in [0.05, 0.1) is 0 Å². The summed E-state index contributed by atoms with van der Waals surface area (Å²) in [6, 6.07) is -5.02. The van der Waals surface area contributed by atoms with Crippen LogP contribution in [0.3, 0.4) is 0 Å². The fraction of sp³-hybridized carbons (Fsp3) is 0.800. The lowest BCUT2D eigenvalue weighted by Crippen LogP contribution is -2.54. The first-order valence-corrected chi connectivity index (χ1v) is 3.75. The highest BCUT2D eigenvalue weighted by atomic mass is 35.5. The van der Waals surface area contributed by atoms with Gasteiger partial charge in [0.25, 0.3) is 0 Å². The van der Waals surface area contributed by atoms with Gasteiger partial charge in [-0.3, -0.25) is 9.91 Å². The summed E-state index contributed by atoms with van der Waals surface area (Å²) in [7, 11) is 1.18. The molecule has 82 valence electrons. The maximum absolute atomic E-state index is 12.7. The number of hydrogen-bond acceptors (Lipinski definition) is 3. The smallest absolute Gasteiger partial charge is 0.262 e. The van der Waals surface area contributed by atoms with Crippen LogP contribution in [0.4, 0.5) is 22.0 Å². The highest BCUT2D eigenvalue weighted by molar-refractivity contribution is 6.21. The Bertz CT molecular complexity index is 252. The summed E-state index contributed by atoms with van der Waals surface area (Å²) >= 11 is 5.27. The third kappa shape index (κ3) is 1.58. The Hall–Kier alpha value is -0.790. The van der Waals surface area contributed by atoms with E-state index in [-0.39, 0.29) is 4.90 Å². The van der Waals surface area contributed by atoms with Crippen LogP contribution >= 0.6 is 11.6 Å². The van der Waals surface area contributed by atoms with E-state index in [0.29, 0.717) is 6.34 Å². The molecule has 0 N–H and O–H groups in total. The highest BCUT2D eigenvalue weighted by Gasteiger charge is 2.64. The van der Waals surface area contributed by atoms with Gasteiger partial charge in [-0.15, -0.1) is 0 Å². The summed E-state index contributed by atoms with van der Waals surface area (Å²) in [5, 5.41) is 3.98. The third-order valence-electron chi connectivity index (χ3n) is 1.56. The Morgan fingerprint density at radius 1 is 1.29 bits per heavy atom. The van der Waals surface area contributed by atoms with Crippen molar-refractivity contribution < 1.29 is 22.0 Å². The van der Waals surface area contributed by atoms with Gasteiger partial charge in [-0.1, -0.05) is 11.6 Å². The zero-order valence-electron chi connectivity index (χ0n) is 6.76. The normalized spacial score (nSPS) is 23.5. The van der Waals surface area contributed by atoms with Crippen LogP contribution in [0, 0.1) is 0 Å². The fourth-order valence-electron chi connectivity index (χ4n) is 0.780. The molecule has 0 bridgehead atoms. The predicted octanol–water partition coefficient (Wildman–Crippen LogP) is 1.85. The summed E-state index contributed by atoms with van der Waals surface area (Å²) in [6.45, 7) is 0. The van der Waals surface area contributed by atoms with Gasteiger partial charge in [0.1, 0.15) is 6.34 Å². The number of nitrogens with zero attached hydrogens (tertiary/aromatic N) is 3. The molecule has 0 saturated heterocycles. The maximum Gasteiger partial charge on any atom is 0.475 e. The minimum atomic E-state index is -5.68. The van der Waals surface area contributed by atoms with E-state index < -0.39 is 17.8 Å². The largest absolute Gasteiger partial charge is 0.475 e. The molecule has 0 spiro atoms. The summed E-state index contributed by atoms with van der Waals surface area (Å²) in [5.74, 6) is 0. The quantitative estimate of drug-likeness (QED) is 0.394. The van der Waals surface area contributed by atoms with E-state index in [9.17, 15) is 22.0 Å². The molecule has 0 fully saturated rings. The zero-order valence-corrected chi connectivity index (χ0v) is 7.52. The molecule has 1 aliphatic heterocycles. The summed E-state index contributed by atoms with van der Waals surface area (Å²) in [6.07, 6.45) is -5.33. The van der Waals surface area contributed by atoms with Gasteiger partial charge in [-0.05, 0) is 0 Å². The Labute approximate surface area is 80.7 Å². The molecule has 1 atom stereocenters. The molecule has 1 heterocycles. The van der Waals surface area contributed by atoms with Crippen LogP contribution in [0.15, 0.2) is 5.10 Å². The Morgan fingerprint density at radius 2 is 1.79 bits per heavy atom. The molecule has 14 heavy (non-hydrogen) atoms. The lowest BCUT2D eigenvalue weighted by molar-refractivity contribution is -0.329. The first kappa shape index (κ1) is 11.3. The molecular formula is C5H5ClF5N3. The second-order valence-electron chi connectivity index (χ2n) is 2.56. The molecule has 1 unspecified atom stereocenters. The van der Waals surface area contributed by atoms with Crippen molar-refractivity contribution in [2.45, 2.75) is 17.8 Å². The molecule has 0 saturated carbocycles. The van der Waals surface area contributed by atoms with Crippen LogP contribution in [0.1, 0.15) is 0 Å². The van der Waals surface area contributed by atoms with Crippen LogP contribution in [0.2, 0.25) is 0 Å². The van der Waals surface area contributed by atoms with Crippen LogP contribution < -0.4 is 0 Å². The van der Waals surface area contributed by atoms with E-state index in [2.05, 4.69) is 5.10 Å². The average Bonchev–Trinajstić information content (AvgIpc) is 2.30. The molecule has 9 heteroatoms. The molecular weight excluding hydrogens is 233 g/mol. The fourth-order valence-corrected chi connectivity index (χ4v) is 1.00. The van der Waals surface area contributed by atoms with E-state index in [1.807, 2.05) is 0 Å². The van der Waals surface area contributed by atoms with Gasteiger partial charge in [0.15, 0.2) is 5.62 Å². The van der Waals surface area contributed by atoms with Crippen molar-refractivity contribution in [1.82, 2.24) is 9.91 Å². The van der Waals surface area contributed by atoms with Crippen LogP contribution in [-0.2, 0) is 0 Å². The second kappa shape index (κ2) is 3.11. The molecule has 0 aromatic heterocycles. The van der Waals surface area contributed by atoms with Crippen LogP contribution in [-0.4, -0.2) is 41.1 Å². The molecule has 3 nitrogen and oxygen atoms in total. The van der Waals surface area contributed by atoms with Crippen LogP contribution in [0.5, 0.6) is 0 Å². The van der Waals surface area contributed by atoms with Crippen molar-refractivity contribution >= 4 is 17.9 Å². The monoisotopic (exact) mass is 237 g/mol. The predicted molar refractivity (Wildman–Crippen MR) is 38.7 cm³/mol. The topological polar surface area (TPSA) is 18.8 Å². The minimum Gasteiger partial charge on any atom is -0.262 e. The highest BCUT2D eigenvalue weighted by Crippen LogP contribution is 2.40. The summed E-state index contributed by atoms with van der Waals surface area (Å²) in [5.41, 5.74) is -1.65. The molecule has 1 aliphatic rings. The molecule has 1 rings (SSSR count). The maximum atomic E-state index is 12.7. The lowest BCUT2D eigenvalue weighted by Gasteiger charge is -2.31. The second-order valence-corrected chi connectivity index (χ2v) is 2.95. The molecule has 0 radical (unpaired) electrons. The van der Waals surface area contributed by atoms with Crippen LogP contribution in [0.25, 0.3) is 0 Å². The van der Waals surface area contributed by atoms with E-state index in [0.717, 1.165) is 5.01 Å². The van der Waals surface area contributed by atoms with Crippen molar-refractivity contribution in [2.24, 2.45) is 5.10 Å². The van der Waals surface area contributed by atoms with Gasteiger partial charge >= 0.3 is 12.2 Å². The van der Waals surface area contributed by atoms with Gasteiger partial charge in [0.2, 0.25) is 0 Å². The minimum absolute atomic E-state index is 0.352. The summed E-state index contributed by atoms with van der Waals surface area (Å²) in [4.78, 5) is -0.367. The number of hydrazone groups is 1. The zero-order chi connectivity index (χ0) is 11.1. The van der Waals surface area contributed by atoms with Gasteiger partial charge in [0, 0.05) is 7.05 Å². The molecule has 0 aliphatic carbocycles. The van der Waals surface area contributed by atoms with Crippen molar-refractivity contribution in [3.8, 4) is 0 Å². The number of rotatable bonds is 1. The van der Waals surface area contributed by atoms with Gasteiger partial charge in [-0.2, -0.15) is 27.1 Å². The Morgan fingerprint density at radius 3 is 2.07 bits per heavy atom. The van der Waals surface area contributed by atoms with Crippen molar-refractivity contribution in [2.75, 3.05) is 7.05 Å². The summed E-state index contributed by atoms with van der Waals surface area (Å²) < 4.78 is 60.9. The Balaban J connectivity index is 2.90. The van der Waals surface area contributed by atoms with E-state index in [4.69, 9.17) is 11.6 Å². The first-order chi connectivity index (χ1) is 6.18. The number of halogens is 6. The van der Waals surface area contributed by atoms with Gasteiger partial charge in [-0.25, -0.2) is 0 Å². The molecule has 0 amide bonds. The molecule has 0 aromatic carbocycles. The number of alkyl halides is 6. The van der Waals surface area contributed by atoms with E-state index in [1.54, 1.807) is 0 Å². The molecule has 0 aromatic rings. The van der Waals surface area contributed by atoms with Crippen molar-refractivity contribution in [3.05, 3.63) is 0 Å². The van der Waals surface area contributed by atoms with Gasteiger partial charge < -0.3 is 0 Å². The lowest BCUT2D eigenvalue weighted by atomic mass is 10.5. The first-order valence-electron chi connectivity index (χ1n) is 3.32. The number of hydrogen-bond donors (Lipinski definition) is 0. The van der Waals surface area contributed by atoms with Crippen molar-refractivity contribution in [1.29, 1.82) is 0 Å². The van der Waals surface area contributed by atoms with Crippen molar-refractivity contribution in [3.63, 3.8) is 0 Å². The third-order valence-corrected chi connectivity index (χ3v) is 2.05. The van der Waals surface area contributed by atoms with E-state index in [1.165, 1.54) is 7.05 Å². The Kier molecular flexibility index (Phi) is 2.51. The standard InChI is InChI=1S/C5H5ClF5N3/c1-13-3(6)14(2-12-13)5(10,11)4(7,8)9/h2-3H,1H3.